The zero-order valence-electron chi connectivity index (χ0n) is 11.0. The second-order valence-corrected chi connectivity index (χ2v) is 4.80. The van der Waals surface area contributed by atoms with Gasteiger partial charge < -0.3 is 10.6 Å². The van der Waals surface area contributed by atoms with E-state index >= 15 is 0 Å². The number of hydrogen-bond donors (Lipinski definition) is 2. The van der Waals surface area contributed by atoms with Crippen LogP contribution in [-0.4, -0.2) is 28.6 Å². The molecule has 2 rings (SSSR count). The Balaban J connectivity index is 2.09. The van der Waals surface area contributed by atoms with Gasteiger partial charge in [-0.25, -0.2) is 9.97 Å². The number of rotatable bonds is 3. The molecule has 2 unspecified atom stereocenters. The molecular weight excluding hydrogens is 212 g/mol. The van der Waals surface area contributed by atoms with Gasteiger partial charge in [-0.3, -0.25) is 0 Å². The van der Waals surface area contributed by atoms with Gasteiger partial charge >= 0.3 is 0 Å². The minimum atomic E-state index is 0.475. The molecule has 4 nitrogen and oxygen atoms in total. The maximum atomic E-state index is 4.53. The third-order valence-corrected chi connectivity index (χ3v) is 3.31. The molecule has 1 fully saturated rings. The molecule has 0 bridgehead atoms. The highest BCUT2D eigenvalue weighted by atomic mass is 15.1. The third-order valence-electron chi connectivity index (χ3n) is 3.31. The summed E-state index contributed by atoms with van der Waals surface area (Å²) in [6, 6.07) is 3.01. The fourth-order valence-corrected chi connectivity index (χ4v) is 2.29. The molecule has 94 valence electrons. The van der Waals surface area contributed by atoms with Crippen LogP contribution in [0.3, 0.4) is 0 Å². The molecule has 1 aromatic heterocycles. The van der Waals surface area contributed by atoms with Gasteiger partial charge in [-0.05, 0) is 33.2 Å². The van der Waals surface area contributed by atoms with Crippen LogP contribution < -0.4 is 10.6 Å². The number of aryl methyl sites for hydroxylation is 2. The van der Waals surface area contributed by atoms with Crippen LogP contribution in [0.4, 0.5) is 5.82 Å². The normalized spacial score (nSPS) is 24.6. The summed E-state index contributed by atoms with van der Waals surface area (Å²) in [5.41, 5.74) is 1.04. The zero-order chi connectivity index (χ0) is 12.3. The smallest absolute Gasteiger partial charge is 0.130 e. The predicted molar refractivity (Wildman–Crippen MR) is 70.3 cm³/mol. The van der Waals surface area contributed by atoms with E-state index in [1.807, 2.05) is 13.0 Å². The van der Waals surface area contributed by atoms with Crippen molar-refractivity contribution in [1.82, 2.24) is 15.3 Å². The molecular formula is C13H22N4. The minimum absolute atomic E-state index is 0.475. The second-order valence-electron chi connectivity index (χ2n) is 4.80. The van der Waals surface area contributed by atoms with Crippen LogP contribution in [0.5, 0.6) is 0 Å². The Labute approximate surface area is 103 Å². The molecule has 0 amide bonds. The van der Waals surface area contributed by atoms with Crippen LogP contribution in [0.15, 0.2) is 6.07 Å². The Morgan fingerprint density at radius 1 is 1.47 bits per heavy atom. The Kier molecular flexibility index (Phi) is 3.94. The monoisotopic (exact) mass is 234 g/mol. The van der Waals surface area contributed by atoms with E-state index in [-0.39, 0.29) is 0 Å². The summed E-state index contributed by atoms with van der Waals surface area (Å²) >= 11 is 0. The van der Waals surface area contributed by atoms with E-state index < -0.39 is 0 Å². The van der Waals surface area contributed by atoms with E-state index in [1.54, 1.807) is 0 Å². The molecule has 0 saturated carbocycles. The van der Waals surface area contributed by atoms with E-state index in [2.05, 4.69) is 34.4 Å². The van der Waals surface area contributed by atoms with E-state index in [1.165, 1.54) is 12.8 Å². The Morgan fingerprint density at radius 2 is 2.29 bits per heavy atom. The molecule has 17 heavy (non-hydrogen) atoms. The molecule has 2 atom stereocenters. The lowest BCUT2D eigenvalue weighted by molar-refractivity contribution is 0.388. The molecule has 1 aliphatic rings. The first kappa shape index (κ1) is 12.3. The van der Waals surface area contributed by atoms with E-state index in [4.69, 9.17) is 0 Å². The van der Waals surface area contributed by atoms with Crippen LogP contribution >= 0.6 is 0 Å². The molecule has 0 aromatic carbocycles. The van der Waals surface area contributed by atoms with Crippen molar-refractivity contribution < 1.29 is 0 Å². The Morgan fingerprint density at radius 3 is 3.00 bits per heavy atom. The summed E-state index contributed by atoms with van der Waals surface area (Å²) in [6.45, 7) is 7.46. The first-order valence-electron chi connectivity index (χ1n) is 6.53. The third kappa shape index (κ3) is 3.16. The van der Waals surface area contributed by atoms with Crippen molar-refractivity contribution in [2.75, 3.05) is 11.9 Å². The van der Waals surface area contributed by atoms with Crippen LogP contribution in [0.2, 0.25) is 0 Å². The van der Waals surface area contributed by atoms with Crippen LogP contribution in [0.25, 0.3) is 0 Å². The molecule has 1 saturated heterocycles. The van der Waals surface area contributed by atoms with Gasteiger partial charge in [0.05, 0.1) is 0 Å². The summed E-state index contributed by atoms with van der Waals surface area (Å²) in [5, 5.41) is 7.02. The Bertz CT molecular complexity index is 378. The average Bonchev–Trinajstić information content (AvgIpc) is 2.31. The molecule has 1 aliphatic heterocycles. The lowest BCUT2D eigenvalue weighted by atomic mass is 10.00. The fourth-order valence-electron chi connectivity index (χ4n) is 2.29. The highest BCUT2D eigenvalue weighted by molar-refractivity contribution is 5.37. The summed E-state index contributed by atoms with van der Waals surface area (Å²) in [7, 11) is 0. The second kappa shape index (κ2) is 5.45. The minimum Gasteiger partial charge on any atom is -0.366 e. The summed E-state index contributed by atoms with van der Waals surface area (Å²) in [5.74, 6) is 1.89. The van der Waals surface area contributed by atoms with E-state index in [0.717, 1.165) is 30.3 Å². The number of piperidine rings is 1. The molecule has 2 N–H and O–H groups in total. The topological polar surface area (TPSA) is 49.8 Å². The number of aromatic nitrogens is 2. The summed E-state index contributed by atoms with van der Waals surface area (Å²) in [4.78, 5) is 8.93. The van der Waals surface area contributed by atoms with Gasteiger partial charge in [0.1, 0.15) is 11.6 Å². The van der Waals surface area contributed by atoms with Crippen molar-refractivity contribution in [2.45, 2.75) is 52.1 Å². The zero-order valence-corrected chi connectivity index (χ0v) is 11.0. The van der Waals surface area contributed by atoms with Gasteiger partial charge in [0.25, 0.3) is 0 Å². The number of nitrogens with one attached hydrogen (secondary N) is 2. The van der Waals surface area contributed by atoms with Crippen molar-refractivity contribution in [1.29, 1.82) is 0 Å². The maximum absolute atomic E-state index is 4.53. The highest BCUT2D eigenvalue weighted by Gasteiger charge is 2.20. The number of anilines is 1. The molecule has 0 radical (unpaired) electrons. The van der Waals surface area contributed by atoms with E-state index in [9.17, 15) is 0 Å². The van der Waals surface area contributed by atoms with Gasteiger partial charge in [-0.15, -0.1) is 0 Å². The average molecular weight is 234 g/mol. The Hall–Kier alpha value is -1.16. The molecule has 0 spiro atoms. The molecule has 4 heteroatoms. The molecule has 2 heterocycles. The summed E-state index contributed by atoms with van der Waals surface area (Å²) < 4.78 is 0. The number of hydrogen-bond acceptors (Lipinski definition) is 4. The van der Waals surface area contributed by atoms with Crippen molar-refractivity contribution >= 4 is 5.82 Å². The predicted octanol–water partition coefficient (Wildman–Crippen LogP) is 1.90. The summed E-state index contributed by atoms with van der Waals surface area (Å²) in [6.07, 6.45) is 3.32. The van der Waals surface area contributed by atoms with Crippen LogP contribution in [0.1, 0.15) is 38.2 Å². The quantitative estimate of drug-likeness (QED) is 0.838. The number of nitrogens with zero attached hydrogens (tertiary/aromatic N) is 2. The van der Waals surface area contributed by atoms with Gasteiger partial charge in [0.15, 0.2) is 0 Å². The maximum Gasteiger partial charge on any atom is 0.130 e. The molecule has 1 aromatic rings. The highest BCUT2D eigenvalue weighted by Crippen LogP contribution is 2.15. The van der Waals surface area contributed by atoms with Crippen molar-refractivity contribution in [3.05, 3.63) is 17.6 Å². The lowest BCUT2D eigenvalue weighted by Crippen LogP contribution is -2.46. The largest absolute Gasteiger partial charge is 0.366 e. The lowest BCUT2D eigenvalue weighted by Gasteiger charge is -2.31. The van der Waals surface area contributed by atoms with Gasteiger partial charge in [0.2, 0.25) is 0 Å². The van der Waals surface area contributed by atoms with Crippen molar-refractivity contribution in [3.63, 3.8) is 0 Å². The van der Waals surface area contributed by atoms with Crippen molar-refractivity contribution in [2.24, 2.45) is 0 Å². The van der Waals surface area contributed by atoms with Crippen molar-refractivity contribution in [3.8, 4) is 0 Å². The van der Waals surface area contributed by atoms with Gasteiger partial charge in [-0.2, -0.15) is 0 Å². The van der Waals surface area contributed by atoms with Crippen LogP contribution in [-0.2, 0) is 6.42 Å². The molecule has 0 aliphatic carbocycles. The van der Waals surface area contributed by atoms with Gasteiger partial charge in [0, 0.05) is 30.3 Å². The first-order chi connectivity index (χ1) is 8.19. The first-order valence-corrected chi connectivity index (χ1v) is 6.53. The SMILES string of the molecule is CCc1nc(C)cc(NC2CCCNC2C)n1. The fraction of sp³-hybridized carbons (Fsp3) is 0.692. The standard InChI is InChI=1S/C13H22N4/c1-4-12-15-9(2)8-13(17-12)16-11-6-5-7-14-10(11)3/h8,10-11,14H,4-7H2,1-3H3,(H,15,16,17). The van der Waals surface area contributed by atoms with Crippen LogP contribution in [0, 0.1) is 6.92 Å². The van der Waals surface area contributed by atoms with Gasteiger partial charge in [-0.1, -0.05) is 6.92 Å². The van der Waals surface area contributed by atoms with E-state index in [0.29, 0.717) is 12.1 Å².